The maximum absolute atomic E-state index is 11.5. The van der Waals surface area contributed by atoms with Crippen molar-refractivity contribution in [1.29, 1.82) is 0 Å². The first kappa shape index (κ1) is 13.9. The smallest absolute Gasteiger partial charge is 0.336 e. The van der Waals surface area contributed by atoms with Gasteiger partial charge in [-0.15, -0.1) is 0 Å². The standard InChI is InChI=1S/C13H13NO6/c1-19-7-4-9(15)12-6(2-8(14)13(17)18)3-11(16)20-10(12)5-7/h3-5,8,15H,2,14H2,1H3,(H,17,18). The van der Waals surface area contributed by atoms with Crippen molar-refractivity contribution in [2.24, 2.45) is 5.73 Å². The quantitative estimate of drug-likeness (QED) is 0.695. The number of nitrogens with two attached hydrogens (primary N) is 1. The minimum absolute atomic E-state index is 0.0999. The van der Waals surface area contributed by atoms with Gasteiger partial charge in [-0.3, -0.25) is 4.79 Å². The van der Waals surface area contributed by atoms with E-state index in [1.165, 1.54) is 19.2 Å². The van der Waals surface area contributed by atoms with Crippen molar-refractivity contribution in [2.45, 2.75) is 12.5 Å². The van der Waals surface area contributed by atoms with Gasteiger partial charge in [0.15, 0.2) is 0 Å². The zero-order chi connectivity index (χ0) is 14.9. The van der Waals surface area contributed by atoms with Crippen molar-refractivity contribution in [2.75, 3.05) is 7.11 Å². The van der Waals surface area contributed by atoms with Gasteiger partial charge in [-0.2, -0.15) is 0 Å². The van der Waals surface area contributed by atoms with Crippen molar-refractivity contribution in [3.63, 3.8) is 0 Å². The normalized spacial score (nSPS) is 12.3. The van der Waals surface area contributed by atoms with Gasteiger partial charge in [0.25, 0.3) is 0 Å². The highest BCUT2D eigenvalue weighted by Crippen LogP contribution is 2.32. The maximum Gasteiger partial charge on any atom is 0.336 e. The maximum atomic E-state index is 11.5. The molecule has 0 amide bonds. The topological polar surface area (TPSA) is 123 Å². The lowest BCUT2D eigenvalue weighted by atomic mass is 10.0. The first-order chi connectivity index (χ1) is 9.42. The van der Waals surface area contributed by atoms with Crippen molar-refractivity contribution >= 4 is 16.9 Å². The molecule has 1 aromatic carbocycles. The zero-order valence-corrected chi connectivity index (χ0v) is 10.6. The van der Waals surface area contributed by atoms with E-state index in [1.807, 2.05) is 0 Å². The van der Waals surface area contributed by atoms with Gasteiger partial charge in [-0.1, -0.05) is 0 Å². The monoisotopic (exact) mass is 279 g/mol. The van der Waals surface area contributed by atoms with Crippen LogP contribution in [-0.2, 0) is 11.2 Å². The molecule has 7 nitrogen and oxygen atoms in total. The minimum Gasteiger partial charge on any atom is -0.507 e. The Hall–Kier alpha value is -2.54. The summed E-state index contributed by atoms with van der Waals surface area (Å²) in [6.45, 7) is 0. The molecule has 20 heavy (non-hydrogen) atoms. The van der Waals surface area contributed by atoms with Gasteiger partial charge in [-0.25, -0.2) is 4.79 Å². The lowest BCUT2D eigenvalue weighted by Gasteiger charge is -2.11. The van der Waals surface area contributed by atoms with E-state index >= 15 is 0 Å². The number of carboxylic acids is 1. The second kappa shape index (κ2) is 5.22. The molecule has 0 aliphatic heterocycles. The Balaban J connectivity index is 2.65. The van der Waals surface area contributed by atoms with Crippen molar-refractivity contribution in [3.8, 4) is 11.5 Å². The molecule has 0 aliphatic carbocycles. The number of ether oxygens (including phenoxy) is 1. The van der Waals surface area contributed by atoms with Crippen LogP contribution in [0.4, 0.5) is 0 Å². The second-order valence-electron chi connectivity index (χ2n) is 4.26. The molecule has 0 fully saturated rings. The lowest BCUT2D eigenvalue weighted by molar-refractivity contribution is -0.138. The predicted octanol–water partition coefficient (Wildman–Crippen LogP) is 0.462. The average molecular weight is 279 g/mol. The number of aromatic hydroxyl groups is 1. The number of hydrogen-bond acceptors (Lipinski definition) is 6. The number of methoxy groups -OCH3 is 1. The third kappa shape index (κ3) is 2.57. The fraction of sp³-hybridized carbons (Fsp3) is 0.231. The predicted molar refractivity (Wildman–Crippen MR) is 70.0 cm³/mol. The van der Waals surface area contributed by atoms with E-state index in [9.17, 15) is 14.7 Å². The minimum atomic E-state index is -1.20. The molecule has 106 valence electrons. The van der Waals surface area contributed by atoms with E-state index in [1.54, 1.807) is 0 Å². The Morgan fingerprint density at radius 1 is 1.45 bits per heavy atom. The van der Waals surface area contributed by atoms with Crippen LogP contribution in [0.2, 0.25) is 0 Å². The highest BCUT2D eigenvalue weighted by Gasteiger charge is 2.18. The molecule has 0 saturated heterocycles. The Labute approximate surface area is 113 Å². The van der Waals surface area contributed by atoms with Crippen LogP contribution in [0, 0.1) is 0 Å². The number of carboxylic acid groups (broad SMARTS) is 1. The molecule has 0 radical (unpaired) electrons. The number of rotatable bonds is 4. The highest BCUT2D eigenvalue weighted by atomic mass is 16.5. The molecule has 1 aromatic heterocycles. The van der Waals surface area contributed by atoms with E-state index in [0.717, 1.165) is 6.07 Å². The van der Waals surface area contributed by atoms with Gasteiger partial charge in [0.1, 0.15) is 23.1 Å². The summed E-state index contributed by atoms with van der Waals surface area (Å²) in [5.74, 6) is -1.05. The highest BCUT2D eigenvalue weighted by molar-refractivity contribution is 5.88. The Bertz CT molecular complexity index is 721. The summed E-state index contributed by atoms with van der Waals surface area (Å²) in [5, 5.41) is 19.1. The van der Waals surface area contributed by atoms with Crippen LogP contribution >= 0.6 is 0 Å². The molecule has 0 bridgehead atoms. The first-order valence-corrected chi connectivity index (χ1v) is 5.74. The molecule has 1 unspecified atom stereocenters. The summed E-state index contributed by atoms with van der Waals surface area (Å²) < 4.78 is 9.95. The van der Waals surface area contributed by atoms with Gasteiger partial charge < -0.3 is 25.1 Å². The van der Waals surface area contributed by atoms with Crippen LogP contribution in [0.25, 0.3) is 11.0 Å². The van der Waals surface area contributed by atoms with E-state index < -0.39 is 17.6 Å². The average Bonchev–Trinajstić information content (AvgIpc) is 2.37. The van der Waals surface area contributed by atoms with Crippen LogP contribution in [0.15, 0.2) is 27.4 Å². The summed E-state index contributed by atoms with van der Waals surface area (Å²) in [4.78, 5) is 22.3. The van der Waals surface area contributed by atoms with Gasteiger partial charge in [-0.05, 0) is 12.0 Å². The zero-order valence-electron chi connectivity index (χ0n) is 10.6. The summed E-state index contributed by atoms with van der Waals surface area (Å²) >= 11 is 0. The molecule has 2 aromatic rings. The van der Waals surface area contributed by atoms with Crippen molar-refractivity contribution in [1.82, 2.24) is 0 Å². The molecule has 4 N–H and O–H groups in total. The van der Waals surface area contributed by atoms with Gasteiger partial charge in [0.05, 0.1) is 12.5 Å². The van der Waals surface area contributed by atoms with Crippen molar-refractivity contribution < 1.29 is 24.2 Å². The SMILES string of the molecule is COc1cc(O)c2c(CC(N)C(=O)O)cc(=O)oc2c1. The van der Waals surface area contributed by atoms with Crippen LogP contribution in [0.1, 0.15) is 5.56 Å². The summed E-state index contributed by atoms with van der Waals surface area (Å²) in [5.41, 5.74) is 5.23. The molecular weight excluding hydrogens is 266 g/mol. The fourth-order valence-electron chi connectivity index (χ4n) is 1.93. The summed E-state index contributed by atoms with van der Waals surface area (Å²) in [6.07, 6.45) is -0.0999. The first-order valence-electron chi connectivity index (χ1n) is 5.74. The molecule has 1 heterocycles. The molecular formula is C13H13NO6. The van der Waals surface area contributed by atoms with Crippen LogP contribution in [0.3, 0.4) is 0 Å². The number of phenolic OH excluding ortho intramolecular Hbond substituents is 1. The summed E-state index contributed by atoms with van der Waals surface area (Å²) in [6, 6.07) is 2.73. The van der Waals surface area contributed by atoms with E-state index in [0.29, 0.717) is 11.3 Å². The molecule has 2 rings (SSSR count). The van der Waals surface area contributed by atoms with Crippen LogP contribution < -0.4 is 16.1 Å². The number of fused-ring (bicyclic) bond motifs is 1. The Morgan fingerprint density at radius 2 is 2.15 bits per heavy atom. The third-order valence-corrected chi connectivity index (χ3v) is 2.87. The molecule has 0 spiro atoms. The van der Waals surface area contributed by atoms with E-state index in [4.69, 9.17) is 20.0 Å². The number of aliphatic carboxylic acids is 1. The van der Waals surface area contributed by atoms with Gasteiger partial charge in [0, 0.05) is 18.2 Å². The molecule has 0 aliphatic rings. The summed E-state index contributed by atoms with van der Waals surface area (Å²) in [7, 11) is 1.41. The lowest BCUT2D eigenvalue weighted by Crippen LogP contribution is -2.32. The largest absolute Gasteiger partial charge is 0.507 e. The van der Waals surface area contributed by atoms with Crippen LogP contribution in [0.5, 0.6) is 11.5 Å². The Kier molecular flexibility index (Phi) is 3.62. The van der Waals surface area contributed by atoms with E-state index in [2.05, 4.69) is 0 Å². The molecule has 1 atom stereocenters. The number of benzene rings is 1. The number of hydrogen-bond donors (Lipinski definition) is 3. The van der Waals surface area contributed by atoms with Gasteiger partial charge >= 0.3 is 11.6 Å². The third-order valence-electron chi connectivity index (χ3n) is 2.87. The molecule has 7 heteroatoms. The second-order valence-corrected chi connectivity index (χ2v) is 4.26. The van der Waals surface area contributed by atoms with Crippen molar-refractivity contribution in [3.05, 3.63) is 34.2 Å². The number of phenols is 1. The van der Waals surface area contributed by atoms with Gasteiger partial charge in [0.2, 0.25) is 0 Å². The number of carbonyl (C=O) groups is 1. The van der Waals surface area contributed by atoms with Crippen LogP contribution in [-0.4, -0.2) is 29.3 Å². The fourth-order valence-corrected chi connectivity index (χ4v) is 1.93. The molecule has 0 saturated carbocycles. The van der Waals surface area contributed by atoms with E-state index in [-0.39, 0.29) is 23.1 Å². The Morgan fingerprint density at radius 3 is 2.75 bits per heavy atom.